The van der Waals surface area contributed by atoms with E-state index in [0.29, 0.717) is 11.8 Å². The maximum absolute atomic E-state index is 6.15. The summed E-state index contributed by atoms with van der Waals surface area (Å²) in [6, 6.07) is 43.9. The molecule has 4 aromatic carbocycles. The maximum Gasteiger partial charge on any atom is 0.219 e. The highest BCUT2D eigenvalue weighted by Gasteiger charge is 2.23. The predicted octanol–water partition coefficient (Wildman–Crippen LogP) is 9.88. The molecule has 228 valence electrons. The quantitative estimate of drug-likeness (QED) is 0.188. The SMILES string of the molecule is c1ccc(C2CCc3cc(Oc4ccccn4)ccc3O2)cc1.c1ccc(C2CCc3cc(Oc4ccccn4)ccc3O2)cc1. The smallest absolute Gasteiger partial charge is 0.219 e. The van der Waals surface area contributed by atoms with Gasteiger partial charge >= 0.3 is 0 Å². The number of benzene rings is 4. The number of fused-ring (bicyclic) bond motifs is 2. The van der Waals surface area contributed by atoms with Crippen molar-refractivity contribution in [2.75, 3.05) is 0 Å². The van der Waals surface area contributed by atoms with Crippen molar-refractivity contribution in [3.8, 4) is 34.8 Å². The minimum absolute atomic E-state index is 0.131. The van der Waals surface area contributed by atoms with Crippen LogP contribution in [0.25, 0.3) is 0 Å². The van der Waals surface area contributed by atoms with Crippen LogP contribution in [-0.2, 0) is 12.8 Å². The highest BCUT2D eigenvalue weighted by Crippen LogP contribution is 2.38. The molecule has 2 aromatic heterocycles. The Hall–Kier alpha value is -5.62. The molecule has 0 saturated heterocycles. The third-order valence-electron chi connectivity index (χ3n) is 8.02. The number of nitrogens with zero attached hydrogens (tertiary/aromatic N) is 2. The van der Waals surface area contributed by atoms with Gasteiger partial charge in [0.15, 0.2) is 0 Å². The van der Waals surface area contributed by atoms with Gasteiger partial charge in [-0.15, -0.1) is 0 Å². The molecule has 0 radical (unpaired) electrons. The van der Waals surface area contributed by atoms with Crippen molar-refractivity contribution in [1.82, 2.24) is 9.97 Å². The van der Waals surface area contributed by atoms with Crippen molar-refractivity contribution in [2.24, 2.45) is 0 Å². The fraction of sp³-hybridized carbons (Fsp3) is 0.150. The second-order valence-electron chi connectivity index (χ2n) is 11.2. The second kappa shape index (κ2) is 14.0. The summed E-state index contributed by atoms with van der Waals surface area (Å²) >= 11 is 0. The molecular formula is C40H34N2O4. The number of ether oxygens (including phenoxy) is 4. The number of aromatic nitrogens is 2. The van der Waals surface area contributed by atoms with Crippen molar-refractivity contribution in [2.45, 2.75) is 37.9 Å². The number of aryl methyl sites for hydroxylation is 2. The van der Waals surface area contributed by atoms with Crippen molar-refractivity contribution in [3.05, 3.63) is 168 Å². The van der Waals surface area contributed by atoms with Gasteiger partial charge in [0, 0.05) is 24.5 Å². The lowest BCUT2D eigenvalue weighted by atomic mass is 9.97. The third-order valence-corrected chi connectivity index (χ3v) is 8.02. The fourth-order valence-electron chi connectivity index (χ4n) is 5.72. The molecule has 0 amide bonds. The first-order valence-corrected chi connectivity index (χ1v) is 15.6. The van der Waals surface area contributed by atoms with Crippen LogP contribution in [0.1, 0.15) is 47.3 Å². The zero-order valence-corrected chi connectivity index (χ0v) is 25.4. The Kier molecular flexibility index (Phi) is 8.86. The molecule has 2 unspecified atom stereocenters. The van der Waals surface area contributed by atoms with Crippen molar-refractivity contribution < 1.29 is 18.9 Å². The Morgan fingerprint density at radius 2 is 0.913 bits per heavy atom. The Labute approximate surface area is 269 Å². The van der Waals surface area contributed by atoms with E-state index in [4.69, 9.17) is 18.9 Å². The fourth-order valence-corrected chi connectivity index (χ4v) is 5.72. The summed E-state index contributed by atoms with van der Waals surface area (Å²) in [5, 5.41) is 0. The monoisotopic (exact) mass is 606 g/mol. The standard InChI is InChI=1S/2C20H17NO2/c2*1-2-6-15(7-3-1)18-11-9-16-14-17(10-12-19(16)23-18)22-20-8-4-5-13-21-20/h2*1-8,10,12-14,18H,9,11H2. The Morgan fingerprint density at radius 3 is 1.33 bits per heavy atom. The van der Waals surface area contributed by atoms with E-state index in [0.717, 1.165) is 48.7 Å². The molecule has 8 rings (SSSR count). The van der Waals surface area contributed by atoms with Gasteiger partial charge in [0.05, 0.1) is 0 Å². The van der Waals surface area contributed by atoms with E-state index < -0.39 is 0 Å². The van der Waals surface area contributed by atoms with E-state index >= 15 is 0 Å². The number of rotatable bonds is 6. The summed E-state index contributed by atoms with van der Waals surface area (Å²) in [6.45, 7) is 0. The molecule has 2 atom stereocenters. The topological polar surface area (TPSA) is 62.7 Å². The van der Waals surface area contributed by atoms with E-state index in [9.17, 15) is 0 Å². The highest BCUT2D eigenvalue weighted by molar-refractivity contribution is 5.44. The number of hydrogen-bond acceptors (Lipinski definition) is 6. The second-order valence-corrected chi connectivity index (χ2v) is 11.2. The van der Waals surface area contributed by atoms with E-state index in [1.54, 1.807) is 12.4 Å². The highest BCUT2D eigenvalue weighted by atomic mass is 16.5. The van der Waals surface area contributed by atoms with Gasteiger partial charge in [0.2, 0.25) is 11.8 Å². The van der Waals surface area contributed by atoms with Crippen molar-refractivity contribution in [3.63, 3.8) is 0 Å². The van der Waals surface area contributed by atoms with Crippen molar-refractivity contribution in [1.29, 1.82) is 0 Å². The largest absolute Gasteiger partial charge is 0.485 e. The van der Waals surface area contributed by atoms with Gasteiger partial charge in [-0.2, -0.15) is 0 Å². The Balaban J connectivity index is 0.000000147. The van der Waals surface area contributed by atoms with Crippen molar-refractivity contribution >= 4 is 0 Å². The molecule has 6 nitrogen and oxygen atoms in total. The molecular weight excluding hydrogens is 572 g/mol. The van der Waals surface area contributed by atoms with Gasteiger partial charge in [-0.25, -0.2) is 9.97 Å². The van der Waals surface area contributed by atoms with Crippen LogP contribution in [0.2, 0.25) is 0 Å². The van der Waals surface area contributed by atoms with Crippen LogP contribution >= 0.6 is 0 Å². The lowest BCUT2D eigenvalue weighted by molar-refractivity contribution is 0.176. The molecule has 2 aliphatic heterocycles. The van der Waals surface area contributed by atoms with Gasteiger partial charge in [0.25, 0.3) is 0 Å². The summed E-state index contributed by atoms with van der Waals surface area (Å²) in [6.07, 6.45) is 7.62. The summed E-state index contributed by atoms with van der Waals surface area (Å²) in [4.78, 5) is 8.37. The molecule has 46 heavy (non-hydrogen) atoms. The molecule has 0 bridgehead atoms. The van der Waals surface area contributed by atoms with Crippen LogP contribution in [0.5, 0.6) is 34.8 Å². The van der Waals surface area contributed by atoms with E-state index in [2.05, 4.69) is 58.5 Å². The minimum atomic E-state index is 0.131. The molecule has 0 spiro atoms. The van der Waals surface area contributed by atoms with E-state index in [1.165, 1.54) is 22.3 Å². The van der Waals surface area contributed by atoms with Crippen LogP contribution in [0.3, 0.4) is 0 Å². The summed E-state index contributed by atoms with van der Waals surface area (Å²) in [5.74, 6) is 4.68. The normalized spacial score (nSPS) is 16.3. The first-order valence-electron chi connectivity index (χ1n) is 15.6. The average molecular weight is 607 g/mol. The lowest BCUT2D eigenvalue weighted by Crippen LogP contribution is -2.15. The van der Waals surface area contributed by atoms with Gasteiger partial charge in [0.1, 0.15) is 35.2 Å². The summed E-state index contributed by atoms with van der Waals surface area (Å²) in [5.41, 5.74) is 4.83. The summed E-state index contributed by atoms with van der Waals surface area (Å²) in [7, 11) is 0. The molecule has 6 aromatic rings. The van der Waals surface area contributed by atoms with Crippen LogP contribution in [0.4, 0.5) is 0 Å². The first kappa shape index (κ1) is 29.1. The van der Waals surface area contributed by atoms with Gasteiger partial charge in [-0.05, 0) is 96.5 Å². The number of hydrogen-bond donors (Lipinski definition) is 0. The maximum atomic E-state index is 6.15. The molecule has 0 aliphatic carbocycles. The van der Waals surface area contributed by atoms with E-state index in [1.807, 2.05) is 84.9 Å². The predicted molar refractivity (Wildman–Crippen MR) is 178 cm³/mol. The minimum Gasteiger partial charge on any atom is -0.485 e. The number of pyridine rings is 2. The molecule has 0 fully saturated rings. The van der Waals surface area contributed by atoms with Gasteiger partial charge in [-0.1, -0.05) is 72.8 Å². The third kappa shape index (κ3) is 7.19. The molecule has 2 aliphatic rings. The zero-order valence-electron chi connectivity index (χ0n) is 25.4. The lowest BCUT2D eigenvalue weighted by Gasteiger charge is -2.26. The Bertz CT molecular complexity index is 1710. The molecule has 4 heterocycles. The molecule has 6 heteroatoms. The van der Waals surface area contributed by atoms with Crippen LogP contribution in [0.15, 0.2) is 146 Å². The van der Waals surface area contributed by atoms with Crippen LogP contribution < -0.4 is 18.9 Å². The average Bonchev–Trinajstić information content (AvgIpc) is 3.13. The van der Waals surface area contributed by atoms with E-state index in [-0.39, 0.29) is 12.2 Å². The molecule has 0 N–H and O–H groups in total. The molecule has 0 saturated carbocycles. The van der Waals surface area contributed by atoms with Gasteiger partial charge < -0.3 is 18.9 Å². The zero-order chi connectivity index (χ0) is 31.0. The first-order chi connectivity index (χ1) is 22.8. The van der Waals surface area contributed by atoms with Gasteiger partial charge in [-0.3, -0.25) is 0 Å². The van der Waals surface area contributed by atoms with Crippen LogP contribution in [0, 0.1) is 0 Å². The summed E-state index contributed by atoms with van der Waals surface area (Å²) < 4.78 is 23.9. The Morgan fingerprint density at radius 1 is 0.478 bits per heavy atom. The van der Waals surface area contributed by atoms with Crippen LogP contribution in [-0.4, -0.2) is 9.97 Å².